The Labute approximate surface area is 117 Å². The van der Waals surface area contributed by atoms with E-state index in [1.807, 2.05) is 6.92 Å². The predicted octanol–water partition coefficient (Wildman–Crippen LogP) is 2.06. The number of carbonyl (C=O) groups excluding carboxylic acids is 2. The molecule has 0 saturated carbocycles. The first-order valence-electron chi connectivity index (χ1n) is 5.95. The van der Waals surface area contributed by atoms with Crippen LogP contribution in [0.1, 0.15) is 23.7 Å². The van der Waals surface area contributed by atoms with Crippen LogP contribution in [-0.4, -0.2) is 32.1 Å². The topological polar surface area (TPSA) is 67.4 Å². The molecule has 0 aliphatic rings. The highest BCUT2D eigenvalue weighted by molar-refractivity contribution is 6.34. The van der Waals surface area contributed by atoms with E-state index >= 15 is 0 Å². The second-order valence-electron chi connectivity index (χ2n) is 3.85. The van der Waals surface area contributed by atoms with Crippen molar-refractivity contribution in [3.63, 3.8) is 0 Å². The maximum Gasteiger partial charge on any atom is 0.252 e. The van der Waals surface area contributed by atoms with E-state index in [0.717, 1.165) is 0 Å². The van der Waals surface area contributed by atoms with Crippen LogP contribution in [0.2, 0.25) is 5.02 Å². The van der Waals surface area contributed by atoms with Crippen LogP contribution in [-0.2, 0) is 9.53 Å². The van der Waals surface area contributed by atoms with Crippen molar-refractivity contribution >= 4 is 29.1 Å². The van der Waals surface area contributed by atoms with Crippen LogP contribution in [0.25, 0.3) is 0 Å². The lowest BCUT2D eigenvalue weighted by Crippen LogP contribution is -2.23. The second-order valence-corrected chi connectivity index (χ2v) is 4.25. The lowest BCUT2D eigenvalue weighted by atomic mass is 10.2. The number of ether oxygens (including phenoxy) is 1. The summed E-state index contributed by atoms with van der Waals surface area (Å²) < 4.78 is 4.81. The summed E-state index contributed by atoms with van der Waals surface area (Å²) in [7, 11) is 1.53. The summed E-state index contributed by atoms with van der Waals surface area (Å²) in [5.41, 5.74) is 0.942. The largest absolute Gasteiger partial charge is 0.384 e. The average molecular weight is 285 g/mol. The molecule has 0 atom stereocenters. The fourth-order valence-electron chi connectivity index (χ4n) is 1.45. The number of anilines is 1. The Morgan fingerprint density at radius 3 is 2.68 bits per heavy atom. The zero-order valence-corrected chi connectivity index (χ0v) is 11.7. The molecule has 19 heavy (non-hydrogen) atoms. The van der Waals surface area contributed by atoms with E-state index in [9.17, 15) is 9.59 Å². The molecule has 0 heterocycles. The van der Waals surface area contributed by atoms with Crippen molar-refractivity contribution < 1.29 is 14.3 Å². The normalized spacial score (nSPS) is 10.1. The third-order valence-corrected chi connectivity index (χ3v) is 2.68. The first-order chi connectivity index (χ1) is 9.08. The van der Waals surface area contributed by atoms with E-state index in [1.165, 1.54) is 7.11 Å². The molecule has 0 aliphatic carbocycles. The lowest BCUT2D eigenvalue weighted by molar-refractivity contribution is -0.117. The van der Waals surface area contributed by atoms with Crippen molar-refractivity contribution in [3.8, 4) is 0 Å². The van der Waals surface area contributed by atoms with Crippen LogP contribution in [0, 0.1) is 0 Å². The first-order valence-corrected chi connectivity index (χ1v) is 6.32. The van der Waals surface area contributed by atoms with Gasteiger partial charge in [-0.15, -0.1) is 0 Å². The lowest BCUT2D eigenvalue weighted by Gasteiger charge is -2.08. The van der Waals surface area contributed by atoms with Gasteiger partial charge in [0.1, 0.15) is 0 Å². The summed E-state index contributed by atoms with van der Waals surface area (Å²) in [6.07, 6.45) is 0.270. The van der Waals surface area contributed by atoms with Crippen LogP contribution in [0.15, 0.2) is 18.2 Å². The minimum Gasteiger partial charge on any atom is -0.384 e. The summed E-state index contributed by atoms with van der Waals surface area (Å²) in [6, 6.07) is 4.78. The molecule has 0 radical (unpaired) electrons. The fourth-order valence-corrected chi connectivity index (χ4v) is 1.72. The molecule has 0 saturated heterocycles. The monoisotopic (exact) mass is 284 g/mol. The summed E-state index contributed by atoms with van der Waals surface area (Å²) in [5, 5.41) is 5.65. The van der Waals surface area contributed by atoms with Gasteiger partial charge >= 0.3 is 0 Å². The zero-order valence-electron chi connectivity index (χ0n) is 11.0. The molecule has 1 rings (SSSR count). The SMILES string of the molecule is CCNC(=O)c1ccc(NC(=O)CCOC)cc1Cl. The number of carbonyl (C=O) groups is 2. The number of hydrogen-bond donors (Lipinski definition) is 2. The van der Waals surface area contributed by atoms with E-state index < -0.39 is 0 Å². The molecule has 0 bridgehead atoms. The molecule has 5 nitrogen and oxygen atoms in total. The molecule has 6 heteroatoms. The van der Waals surface area contributed by atoms with Crippen LogP contribution < -0.4 is 10.6 Å². The van der Waals surface area contributed by atoms with Crippen molar-refractivity contribution in [1.82, 2.24) is 5.32 Å². The van der Waals surface area contributed by atoms with Gasteiger partial charge in [0.2, 0.25) is 5.91 Å². The highest BCUT2D eigenvalue weighted by atomic mass is 35.5. The summed E-state index contributed by atoms with van der Waals surface area (Å²) in [4.78, 5) is 23.1. The molecular weight excluding hydrogens is 268 g/mol. The smallest absolute Gasteiger partial charge is 0.252 e. The Hall–Kier alpha value is -1.59. The number of hydrogen-bond acceptors (Lipinski definition) is 3. The molecule has 1 aromatic carbocycles. The number of methoxy groups -OCH3 is 1. The van der Waals surface area contributed by atoms with Gasteiger partial charge in [-0.3, -0.25) is 9.59 Å². The van der Waals surface area contributed by atoms with Crippen LogP contribution in [0.5, 0.6) is 0 Å². The van der Waals surface area contributed by atoms with Crippen LogP contribution >= 0.6 is 11.6 Å². The van der Waals surface area contributed by atoms with Crippen LogP contribution in [0.3, 0.4) is 0 Å². The van der Waals surface area contributed by atoms with Gasteiger partial charge in [-0.2, -0.15) is 0 Å². The molecule has 0 aliphatic heterocycles. The fraction of sp³-hybridized carbons (Fsp3) is 0.385. The Kier molecular flexibility index (Phi) is 6.32. The van der Waals surface area contributed by atoms with E-state index in [2.05, 4.69) is 10.6 Å². The minimum absolute atomic E-state index is 0.163. The van der Waals surface area contributed by atoms with Crippen LogP contribution in [0.4, 0.5) is 5.69 Å². The Balaban J connectivity index is 2.71. The van der Waals surface area contributed by atoms with Crippen molar-refractivity contribution in [2.75, 3.05) is 25.6 Å². The number of amides is 2. The molecule has 2 amide bonds. The Bertz CT molecular complexity index is 463. The number of halogens is 1. The highest BCUT2D eigenvalue weighted by Gasteiger charge is 2.10. The summed E-state index contributed by atoms with van der Waals surface area (Å²) in [6.45, 7) is 2.72. The minimum atomic E-state index is -0.232. The van der Waals surface area contributed by atoms with Gasteiger partial charge in [-0.25, -0.2) is 0 Å². The molecule has 0 spiro atoms. The number of rotatable bonds is 6. The number of benzene rings is 1. The van der Waals surface area contributed by atoms with Crippen molar-refractivity contribution in [1.29, 1.82) is 0 Å². The molecule has 2 N–H and O–H groups in total. The van der Waals surface area contributed by atoms with Gasteiger partial charge < -0.3 is 15.4 Å². The maximum atomic E-state index is 11.6. The average Bonchev–Trinajstić information content (AvgIpc) is 2.36. The van der Waals surface area contributed by atoms with Gasteiger partial charge in [-0.1, -0.05) is 11.6 Å². The highest BCUT2D eigenvalue weighted by Crippen LogP contribution is 2.21. The Morgan fingerprint density at radius 2 is 2.11 bits per heavy atom. The van der Waals surface area contributed by atoms with Gasteiger partial charge in [-0.05, 0) is 25.1 Å². The molecule has 1 aromatic rings. The zero-order chi connectivity index (χ0) is 14.3. The summed E-state index contributed by atoms with van der Waals surface area (Å²) >= 11 is 6.01. The third-order valence-electron chi connectivity index (χ3n) is 2.37. The van der Waals surface area contributed by atoms with E-state index in [1.54, 1.807) is 18.2 Å². The van der Waals surface area contributed by atoms with E-state index in [-0.39, 0.29) is 18.2 Å². The molecule has 104 valence electrons. The standard InChI is InChI=1S/C13H17ClN2O3/c1-3-15-13(18)10-5-4-9(8-11(10)14)16-12(17)6-7-19-2/h4-5,8H,3,6-7H2,1-2H3,(H,15,18)(H,16,17). The van der Waals surface area contributed by atoms with Gasteiger partial charge in [0, 0.05) is 19.3 Å². The van der Waals surface area contributed by atoms with Gasteiger partial charge in [0.25, 0.3) is 5.91 Å². The Morgan fingerprint density at radius 1 is 1.37 bits per heavy atom. The van der Waals surface area contributed by atoms with Crippen molar-refractivity contribution in [3.05, 3.63) is 28.8 Å². The molecule has 0 fully saturated rings. The van der Waals surface area contributed by atoms with E-state index in [4.69, 9.17) is 16.3 Å². The summed E-state index contributed by atoms with van der Waals surface area (Å²) in [5.74, 6) is -0.395. The molecular formula is C13H17ClN2O3. The van der Waals surface area contributed by atoms with Crippen molar-refractivity contribution in [2.24, 2.45) is 0 Å². The predicted molar refractivity (Wildman–Crippen MR) is 74.6 cm³/mol. The van der Waals surface area contributed by atoms with Crippen molar-refractivity contribution in [2.45, 2.75) is 13.3 Å². The van der Waals surface area contributed by atoms with E-state index in [0.29, 0.717) is 29.4 Å². The molecule has 0 unspecified atom stereocenters. The van der Waals surface area contributed by atoms with Gasteiger partial charge in [0.15, 0.2) is 0 Å². The quantitative estimate of drug-likeness (QED) is 0.840. The number of nitrogens with one attached hydrogen (secondary N) is 2. The van der Waals surface area contributed by atoms with Gasteiger partial charge in [0.05, 0.1) is 23.6 Å². The maximum absolute atomic E-state index is 11.6. The molecule has 0 aromatic heterocycles. The first kappa shape index (κ1) is 15.5. The third kappa shape index (κ3) is 4.89. The second kappa shape index (κ2) is 7.76.